The van der Waals surface area contributed by atoms with E-state index in [1.165, 1.54) is 18.2 Å². The third-order valence-electron chi connectivity index (χ3n) is 5.18. The monoisotopic (exact) mass is 427 g/mol. The van der Waals surface area contributed by atoms with Crippen molar-refractivity contribution in [3.05, 3.63) is 53.1 Å². The quantitative estimate of drug-likeness (QED) is 0.762. The number of benzene rings is 2. The van der Waals surface area contributed by atoms with Crippen LogP contribution in [0.2, 0.25) is 0 Å². The minimum absolute atomic E-state index is 0.0962. The van der Waals surface area contributed by atoms with Crippen molar-refractivity contribution in [3.63, 3.8) is 0 Å². The predicted octanol–water partition coefficient (Wildman–Crippen LogP) is 2.90. The van der Waals surface area contributed by atoms with Crippen LogP contribution in [0.5, 0.6) is 0 Å². The van der Waals surface area contributed by atoms with Crippen molar-refractivity contribution in [3.8, 4) is 0 Å². The second-order valence-electron chi connectivity index (χ2n) is 7.43. The van der Waals surface area contributed by atoms with Crippen molar-refractivity contribution in [2.24, 2.45) is 0 Å². The highest BCUT2D eigenvalue weighted by molar-refractivity contribution is 7.90. The number of anilines is 2. The molecule has 1 aliphatic carbocycles. The molecule has 0 saturated heterocycles. The first kappa shape index (κ1) is 20.1. The van der Waals surface area contributed by atoms with Gasteiger partial charge in [0, 0.05) is 29.4 Å². The molecule has 0 bridgehead atoms. The fourth-order valence-corrected chi connectivity index (χ4v) is 5.18. The maximum Gasteiger partial charge on any atom is 0.269 e. The lowest BCUT2D eigenvalue weighted by Crippen LogP contribution is -2.31. The van der Waals surface area contributed by atoms with Crippen LogP contribution in [0.1, 0.15) is 52.5 Å². The van der Waals surface area contributed by atoms with E-state index < -0.39 is 21.8 Å². The van der Waals surface area contributed by atoms with Crippen LogP contribution in [0.3, 0.4) is 0 Å². The van der Waals surface area contributed by atoms with Gasteiger partial charge in [0.1, 0.15) is 4.90 Å². The summed E-state index contributed by atoms with van der Waals surface area (Å²) in [5.74, 6) is -1.19. The van der Waals surface area contributed by atoms with Crippen LogP contribution in [0.25, 0.3) is 0 Å². The molecule has 0 aromatic heterocycles. The zero-order chi connectivity index (χ0) is 21.6. The number of hydrogen-bond donors (Lipinski definition) is 2. The molecule has 8 nitrogen and oxygen atoms in total. The van der Waals surface area contributed by atoms with Gasteiger partial charge in [0.25, 0.3) is 21.8 Å². The molecule has 1 aliphatic heterocycles. The van der Waals surface area contributed by atoms with E-state index in [0.29, 0.717) is 30.6 Å². The first-order valence-electron chi connectivity index (χ1n) is 9.67. The zero-order valence-electron chi connectivity index (χ0n) is 16.6. The minimum Gasteiger partial charge on any atom is -0.326 e. The Morgan fingerprint density at radius 1 is 1.10 bits per heavy atom. The molecule has 2 aliphatic rings. The fourth-order valence-electron chi connectivity index (χ4n) is 3.34. The number of carbonyl (C=O) groups is 3. The van der Waals surface area contributed by atoms with Crippen molar-refractivity contribution in [1.29, 1.82) is 0 Å². The second kappa shape index (κ2) is 7.24. The Morgan fingerprint density at radius 2 is 1.83 bits per heavy atom. The number of hydrogen-bond acceptors (Lipinski definition) is 5. The molecular weight excluding hydrogens is 406 g/mol. The summed E-state index contributed by atoms with van der Waals surface area (Å²) in [6, 6.07) is 8.93. The molecule has 1 saturated carbocycles. The van der Waals surface area contributed by atoms with Crippen LogP contribution in [-0.4, -0.2) is 36.5 Å². The summed E-state index contributed by atoms with van der Waals surface area (Å²) in [7, 11) is -3.94. The van der Waals surface area contributed by atoms with E-state index in [-0.39, 0.29) is 28.0 Å². The van der Waals surface area contributed by atoms with E-state index in [1.54, 1.807) is 32.0 Å². The normalized spacial score (nSPS) is 16.9. The van der Waals surface area contributed by atoms with Crippen LogP contribution in [-0.2, 0) is 14.8 Å². The van der Waals surface area contributed by atoms with Gasteiger partial charge in [-0.25, -0.2) is 12.7 Å². The number of nitrogens with zero attached hydrogens (tertiary/aromatic N) is 1. The standard InChI is InChI=1S/C21H21N3O5S/c1-3-19(25)22-14-6-4-12(2)17(11-14)23-20(26)13-5-9-16-18(10-13)30(28,29)24(21(16)27)15-7-8-15/h4-6,9-11,15H,3,7-8H2,1-2H3,(H,22,25)(H,23,26). The van der Waals surface area contributed by atoms with E-state index in [1.807, 2.05) is 0 Å². The lowest BCUT2D eigenvalue weighted by atomic mass is 10.1. The average molecular weight is 427 g/mol. The number of aryl methyl sites for hydroxylation is 1. The summed E-state index contributed by atoms with van der Waals surface area (Å²) >= 11 is 0. The molecule has 156 valence electrons. The largest absolute Gasteiger partial charge is 0.326 e. The Bertz CT molecular complexity index is 1190. The highest BCUT2D eigenvalue weighted by Crippen LogP contribution is 2.39. The summed E-state index contributed by atoms with van der Waals surface area (Å²) in [6.45, 7) is 3.55. The first-order valence-corrected chi connectivity index (χ1v) is 11.1. The van der Waals surface area contributed by atoms with Crippen molar-refractivity contribution in [1.82, 2.24) is 4.31 Å². The lowest BCUT2D eigenvalue weighted by molar-refractivity contribution is -0.115. The summed E-state index contributed by atoms with van der Waals surface area (Å²) in [4.78, 5) is 36.7. The topological polar surface area (TPSA) is 113 Å². The number of rotatable bonds is 5. The lowest BCUT2D eigenvalue weighted by Gasteiger charge is -2.13. The van der Waals surface area contributed by atoms with Crippen molar-refractivity contribution >= 4 is 39.1 Å². The SMILES string of the molecule is CCC(=O)Nc1ccc(C)c(NC(=O)c2ccc3c(c2)S(=O)(=O)N(C2CC2)C3=O)c1. The van der Waals surface area contributed by atoms with Crippen LogP contribution in [0.15, 0.2) is 41.3 Å². The van der Waals surface area contributed by atoms with Gasteiger partial charge in [0.2, 0.25) is 5.91 Å². The number of nitrogens with one attached hydrogen (secondary N) is 2. The molecule has 1 fully saturated rings. The van der Waals surface area contributed by atoms with Crippen LogP contribution >= 0.6 is 0 Å². The molecule has 0 atom stereocenters. The number of carbonyl (C=O) groups excluding carboxylic acids is 3. The van der Waals surface area contributed by atoms with Gasteiger partial charge in [0.15, 0.2) is 0 Å². The van der Waals surface area contributed by atoms with Gasteiger partial charge in [-0.1, -0.05) is 13.0 Å². The van der Waals surface area contributed by atoms with Gasteiger partial charge in [-0.3, -0.25) is 14.4 Å². The molecule has 9 heteroatoms. The summed E-state index contributed by atoms with van der Waals surface area (Å²) in [6.07, 6.45) is 1.66. The van der Waals surface area contributed by atoms with E-state index in [0.717, 1.165) is 9.87 Å². The molecule has 0 radical (unpaired) electrons. The number of fused-ring (bicyclic) bond motifs is 1. The fraction of sp³-hybridized carbons (Fsp3) is 0.286. The average Bonchev–Trinajstić information content (AvgIpc) is 3.51. The first-order chi connectivity index (χ1) is 14.2. The third-order valence-corrected chi connectivity index (χ3v) is 7.06. The minimum atomic E-state index is -3.94. The van der Waals surface area contributed by atoms with Gasteiger partial charge >= 0.3 is 0 Å². The zero-order valence-corrected chi connectivity index (χ0v) is 17.4. The van der Waals surface area contributed by atoms with Crippen molar-refractivity contribution in [2.45, 2.75) is 44.0 Å². The summed E-state index contributed by atoms with van der Waals surface area (Å²) in [5, 5.41) is 5.48. The smallest absolute Gasteiger partial charge is 0.269 e. The highest BCUT2D eigenvalue weighted by atomic mass is 32.2. The van der Waals surface area contributed by atoms with E-state index in [2.05, 4.69) is 10.6 Å². The molecule has 3 amide bonds. The van der Waals surface area contributed by atoms with E-state index >= 15 is 0 Å². The van der Waals surface area contributed by atoms with E-state index in [4.69, 9.17) is 0 Å². The number of sulfonamides is 1. The van der Waals surface area contributed by atoms with Gasteiger partial charge < -0.3 is 10.6 Å². The third kappa shape index (κ3) is 3.45. The Hall–Kier alpha value is -3.20. The molecule has 1 heterocycles. The Kier molecular flexibility index (Phi) is 4.85. The van der Waals surface area contributed by atoms with Gasteiger partial charge in [0.05, 0.1) is 5.56 Å². The summed E-state index contributed by atoms with van der Waals surface area (Å²) < 4.78 is 26.5. The van der Waals surface area contributed by atoms with E-state index in [9.17, 15) is 22.8 Å². The molecule has 2 aromatic rings. The van der Waals surface area contributed by atoms with Gasteiger partial charge in [-0.05, 0) is 55.7 Å². The van der Waals surface area contributed by atoms with Crippen molar-refractivity contribution < 1.29 is 22.8 Å². The molecule has 30 heavy (non-hydrogen) atoms. The Balaban J connectivity index is 1.61. The molecule has 0 spiro atoms. The maximum atomic E-state index is 12.8. The van der Waals surface area contributed by atoms with Crippen molar-refractivity contribution in [2.75, 3.05) is 10.6 Å². The predicted molar refractivity (Wildman–Crippen MR) is 111 cm³/mol. The molecule has 4 rings (SSSR count). The molecular formula is C21H21N3O5S. The van der Waals surface area contributed by atoms with Crippen LogP contribution < -0.4 is 10.6 Å². The maximum absolute atomic E-state index is 12.8. The Morgan fingerprint density at radius 3 is 2.50 bits per heavy atom. The Labute approximate surface area is 174 Å². The van der Waals surface area contributed by atoms with Gasteiger partial charge in [-0.15, -0.1) is 0 Å². The molecule has 2 N–H and O–H groups in total. The highest BCUT2D eigenvalue weighted by Gasteiger charge is 2.48. The second-order valence-corrected chi connectivity index (χ2v) is 9.22. The molecule has 0 unspecified atom stereocenters. The summed E-state index contributed by atoms with van der Waals surface area (Å²) in [5.41, 5.74) is 2.05. The van der Waals surface area contributed by atoms with Gasteiger partial charge in [-0.2, -0.15) is 0 Å². The number of amides is 3. The van der Waals surface area contributed by atoms with Crippen LogP contribution in [0.4, 0.5) is 11.4 Å². The molecule has 2 aromatic carbocycles. The van der Waals surface area contributed by atoms with Crippen LogP contribution in [0, 0.1) is 6.92 Å².